The zero-order valence-electron chi connectivity index (χ0n) is 8.35. The first-order valence-electron chi connectivity index (χ1n) is 3.51. The normalized spacial score (nSPS) is 10.9. The van der Waals surface area contributed by atoms with Gasteiger partial charge in [0.1, 0.15) is 0 Å². The fraction of sp³-hybridized carbons (Fsp3) is 1.00. The Morgan fingerprint density at radius 3 is 1.85 bits per heavy atom. The van der Waals surface area contributed by atoms with Crippen molar-refractivity contribution in [1.82, 2.24) is 4.90 Å². The van der Waals surface area contributed by atoms with Crippen molar-refractivity contribution >= 4 is 10.4 Å². The fourth-order valence-corrected chi connectivity index (χ4v) is 0.501. The first kappa shape index (κ1) is 15.3. The van der Waals surface area contributed by atoms with Crippen molar-refractivity contribution < 1.29 is 21.9 Å². The molecule has 0 radical (unpaired) electrons. The largest absolute Gasteiger partial charge is 0.397 e. The Hall–Kier alpha value is -0.210. The lowest BCUT2D eigenvalue weighted by molar-refractivity contribution is 0.141. The fourth-order valence-electron chi connectivity index (χ4n) is 0.223. The van der Waals surface area contributed by atoms with Crippen molar-refractivity contribution in [2.24, 2.45) is 0 Å². The van der Waals surface area contributed by atoms with E-state index >= 15 is 0 Å². The molecule has 0 saturated carbocycles. The molecule has 0 aliphatic heterocycles. The quantitative estimate of drug-likeness (QED) is 0.509. The molecule has 0 rings (SSSR count). The van der Waals surface area contributed by atoms with Crippen molar-refractivity contribution in [2.75, 3.05) is 41.5 Å². The summed E-state index contributed by atoms with van der Waals surface area (Å²) >= 11 is 0. The molecule has 0 fully saturated rings. The van der Waals surface area contributed by atoms with Crippen LogP contribution in [0, 0.1) is 0 Å². The van der Waals surface area contributed by atoms with Crippen LogP contribution in [0.2, 0.25) is 0 Å². The minimum Gasteiger partial charge on any atom is -0.382 e. The van der Waals surface area contributed by atoms with E-state index in [1.807, 2.05) is 26.0 Å². The van der Waals surface area contributed by atoms with Gasteiger partial charge in [-0.3, -0.25) is 4.55 Å². The number of nitrogens with zero attached hydrogens (tertiary/aromatic N) is 1. The van der Waals surface area contributed by atoms with E-state index < -0.39 is 10.4 Å². The van der Waals surface area contributed by atoms with Crippen LogP contribution < -0.4 is 0 Å². The first-order chi connectivity index (χ1) is 5.79. The molecule has 0 aliphatic carbocycles. The van der Waals surface area contributed by atoms with Crippen molar-refractivity contribution in [3.8, 4) is 0 Å². The summed E-state index contributed by atoms with van der Waals surface area (Å²) in [5, 5.41) is 0. The van der Waals surface area contributed by atoms with Crippen LogP contribution >= 0.6 is 0 Å². The highest BCUT2D eigenvalue weighted by molar-refractivity contribution is 7.80. The minimum atomic E-state index is -4.28. The maximum Gasteiger partial charge on any atom is 0.397 e. The van der Waals surface area contributed by atoms with E-state index in [-0.39, 0.29) is 13.2 Å². The summed E-state index contributed by atoms with van der Waals surface area (Å²) < 4.78 is 35.8. The lowest BCUT2D eigenvalue weighted by Gasteiger charge is -1.96. The van der Waals surface area contributed by atoms with Gasteiger partial charge >= 0.3 is 10.4 Å². The van der Waals surface area contributed by atoms with Gasteiger partial charge in [0, 0.05) is 7.11 Å². The zero-order valence-corrected chi connectivity index (χ0v) is 9.17. The second-order valence-electron chi connectivity index (χ2n) is 2.58. The van der Waals surface area contributed by atoms with Crippen molar-refractivity contribution in [3.05, 3.63) is 0 Å². The van der Waals surface area contributed by atoms with E-state index in [1.165, 1.54) is 7.11 Å². The van der Waals surface area contributed by atoms with E-state index in [0.717, 1.165) is 0 Å². The standard InChI is InChI=1S/C3H9N.C3H8O5S/c1-4(2)3;1-7-2-3-8-9(4,5)6/h1-3H3;2-3H2,1H3,(H,4,5,6). The zero-order chi connectivity index (χ0) is 10.9. The van der Waals surface area contributed by atoms with Gasteiger partial charge in [-0.25, -0.2) is 4.18 Å². The Kier molecular flexibility index (Phi) is 9.86. The average molecular weight is 215 g/mol. The molecule has 0 bridgehead atoms. The SMILES string of the molecule is CN(C)C.COCCOS(=O)(=O)O. The summed E-state index contributed by atoms with van der Waals surface area (Å²) in [5.74, 6) is 0. The summed E-state index contributed by atoms with van der Waals surface area (Å²) in [6.07, 6.45) is 0. The summed E-state index contributed by atoms with van der Waals surface area (Å²) in [4.78, 5) is 2.00. The molecule has 82 valence electrons. The second kappa shape index (κ2) is 8.39. The number of ether oxygens (including phenoxy) is 1. The molecule has 0 aromatic heterocycles. The maximum atomic E-state index is 9.78. The van der Waals surface area contributed by atoms with E-state index in [9.17, 15) is 8.42 Å². The Morgan fingerprint density at radius 2 is 1.62 bits per heavy atom. The smallest absolute Gasteiger partial charge is 0.382 e. The summed E-state index contributed by atoms with van der Waals surface area (Å²) in [5.41, 5.74) is 0. The number of hydrogen-bond donors (Lipinski definition) is 1. The second-order valence-corrected chi connectivity index (χ2v) is 3.68. The van der Waals surface area contributed by atoms with Crippen LogP contribution in [0.25, 0.3) is 0 Å². The Bertz CT molecular complexity index is 186. The minimum absolute atomic E-state index is 0.139. The molecule has 6 nitrogen and oxygen atoms in total. The molecule has 0 aromatic rings. The van der Waals surface area contributed by atoms with Gasteiger partial charge in [0.05, 0.1) is 13.2 Å². The highest BCUT2D eigenvalue weighted by Crippen LogP contribution is 1.83. The highest BCUT2D eigenvalue weighted by Gasteiger charge is 2.01. The Labute approximate surface area is 79.4 Å². The first-order valence-corrected chi connectivity index (χ1v) is 4.87. The average Bonchev–Trinajstić information content (AvgIpc) is 1.83. The van der Waals surface area contributed by atoms with Gasteiger partial charge in [-0.15, -0.1) is 0 Å². The summed E-state index contributed by atoms with van der Waals surface area (Å²) in [6.45, 7) is -0.0187. The van der Waals surface area contributed by atoms with E-state index in [1.54, 1.807) is 0 Å². The van der Waals surface area contributed by atoms with Gasteiger partial charge in [0.2, 0.25) is 0 Å². The highest BCUT2D eigenvalue weighted by atomic mass is 32.3. The predicted octanol–water partition coefficient (Wildman–Crippen LogP) is -0.370. The molecular formula is C6H17NO5S. The predicted molar refractivity (Wildman–Crippen MR) is 49.0 cm³/mol. The molecule has 7 heteroatoms. The van der Waals surface area contributed by atoms with Crippen molar-refractivity contribution in [3.63, 3.8) is 0 Å². The van der Waals surface area contributed by atoms with E-state index in [2.05, 4.69) is 8.92 Å². The van der Waals surface area contributed by atoms with Crippen molar-refractivity contribution in [2.45, 2.75) is 0 Å². The monoisotopic (exact) mass is 215 g/mol. The van der Waals surface area contributed by atoms with Gasteiger partial charge < -0.3 is 9.64 Å². The number of hydrogen-bond acceptors (Lipinski definition) is 5. The third kappa shape index (κ3) is 33.7. The third-order valence-corrected chi connectivity index (χ3v) is 0.984. The maximum absolute atomic E-state index is 9.78. The summed E-state index contributed by atoms with van der Waals surface area (Å²) in [6, 6.07) is 0. The molecule has 0 heterocycles. The third-order valence-electron chi connectivity index (χ3n) is 0.520. The topological polar surface area (TPSA) is 76.1 Å². The van der Waals surface area contributed by atoms with Crippen LogP contribution in [0.3, 0.4) is 0 Å². The van der Waals surface area contributed by atoms with Crippen molar-refractivity contribution in [1.29, 1.82) is 0 Å². The van der Waals surface area contributed by atoms with Crippen LogP contribution in [0.4, 0.5) is 0 Å². The number of methoxy groups -OCH3 is 1. The molecule has 0 unspecified atom stereocenters. The van der Waals surface area contributed by atoms with Crippen LogP contribution in [0.5, 0.6) is 0 Å². The summed E-state index contributed by atoms with van der Waals surface area (Å²) in [7, 11) is 3.12. The lowest BCUT2D eigenvalue weighted by Crippen LogP contribution is -2.08. The number of rotatable bonds is 4. The molecule has 1 N–H and O–H groups in total. The van der Waals surface area contributed by atoms with Crippen LogP contribution in [0.15, 0.2) is 0 Å². The van der Waals surface area contributed by atoms with Crippen LogP contribution in [-0.4, -0.2) is 59.3 Å². The molecule has 0 saturated heterocycles. The van der Waals surface area contributed by atoms with Crippen LogP contribution in [0.1, 0.15) is 0 Å². The Morgan fingerprint density at radius 1 is 1.23 bits per heavy atom. The molecule has 0 atom stereocenters. The van der Waals surface area contributed by atoms with Gasteiger partial charge in [-0.05, 0) is 21.1 Å². The molecular weight excluding hydrogens is 198 g/mol. The van der Waals surface area contributed by atoms with E-state index in [0.29, 0.717) is 0 Å². The Balaban J connectivity index is 0. The molecule has 0 aliphatic rings. The molecule has 0 spiro atoms. The molecule has 0 aromatic carbocycles. The van der Waals surface area contributed by atoms with Gasteiger partial charge in [-0.2, -0.15) is 8.42 Å². The molecule has 0 amide bonds. The van der Waals surface area contributed by atoms with Gasteiger partial charge in [0.15, 0.2) is 0 Å². The van der Waals surface area contributed by atoms with Gasteiger partial charge in [0.25, 0.3) is 0 Å². The van der Waals surface area contributed by atoms with Crippen LogP contribution in [-0.2, 0) is 19.3 Å². The lowest BCUT2D eigenvalue weighted by atomic mass is 10.8. The molecule has 13 heavy (non-hydrogen) atoms. The van der Waals surface area contributed by atoms with E-state index in [4.69, 9.17) is 4.55 Å². The van der Waals surface area contributed by atoms with Gasteiger partial charge in [-0.1, -0.05) is 0 Å².